The number of rotatable bonds is 2. The molecular formula is C16H24O2. The number of fused-ring (bicyclic) bond motifs is 1. The summed E-state index contributed by atoms with van der Waals surface area (Å²) in [7, 11) is 0. The summed E-state index contributed by atoms with van der Waals surface area (Å²) >= 11 is 0. The second-order valence-electron chi connectivity index (χ2n) is 6.54. The van der Waals surface area contributed by atoms with Gasteiger partial charge in [0, 0.05) is 6.42 Å². The smallest absolute Gasteiger partial charge is 0.0855 e. The molecule has 1 aromatic rings. The first-order chi connectivity index (χ1) is 8.31. The molecule has 0 saturated heterocycles. The van der Waals surface area contributed by atoms with Crippen LogP contribution in [0.5, 0.6) is 0 Å². The van der Waals surface area contributed by atoms with Gasteiger partial charge in [-0.15, -0.1) is 0 Å². The molecule has 2 heteroatoms. The van der Waals surface area contributed by atoms with Gasteiger partial charge in [0.15, 0.2) is 0 Å². The molecule has 0 amide bonds. The van der Waals surface area contributed by atoms with Crippen molar-refractivity contribution in [1.29, 1.82) is 0 Å². The van der Waals surface area contributed by atoms with Gasteiger partial charge in [-0.25, -0.2) is 0 Å². The Balaban J connectivity index is 2.22. The van der Waals surface area contributed by atoms with E-state index in [1.807, 2.05) is 13.0 Å². The van der Waals surface area contributed by atoms with Gasteiger partial charge < -0.3 is 9.84 Å². The quantitative estimate of drug-likeness (QED) is 0.868. The first kappa shape index (κ1) is 13.6. The Morgan fingerprint density at radius 2 is 1.89 bits per heavy atom. The normalized spacial score (nSPS) is 23.3. The van der Waals surface area contributed by atoms with E-state index >= 15 is 0 Å². The Morgan fingerprint density at radius 1 is 1.22 bits per heavy atom. The second-order valence-corrected chi connectivity index (χ2v) is 6.54. The van der Waals surface area contributed by atoms with Gasteiger partial charge in [-0.2, -0.15) is 0 Å². The fraction of sp³-hybridized carbons (Fsp3) is 0.625. The van der Waals surface area contributed by atoms with Crippen molar-refractivity contribution in [3.63, 3.8) is 0 Å². The Morgan fingerprint density at radius 3 is 2.56 bits per heavy atom. The number of hydrogen-bond acceptors (Lipinski definition) is 2. The first-order valence-corrected chi connectivity index (χ1v) is 6.73. The molecule has 0 bridgehead atoms. The summed E-state index contributed by atoms with van der Waals surface area (Å²) in [5.41, 5.74) is 1.72. The predicted octanol–water partition coefficient (Wildman–Crippen LogP) is 3.49. The highest BCUT2D eigenvalue weighted by atomic mass is 16.5. The van der Waals surface area contributed by atoms with Crippen LogP contribution in [0.2, 0.25) is 0 Å². The fourth-order valence-corrected chi connectivity index (χ4v) is 2.31. The van der Waals surface area contributed by atoms with Crippen LogP contribution in [-0.4, -0.2) is 17.3 Å². The zero-order valence-electron chi connectivity index (χ0n) is 11.9. The maximum atomic E-state index is 10.6. The summed E-state index contributed by atoms with van der Waals surface area (Å²) in [6.45, 7) is 8.88. The van der Waals surface area contributed by atoms with Crippen LogP contribution in [0.3, 0.4) is 0 Å². The highest BCUT2D eigenvalue weighted by Crippen LogP contribution is 2.40. The summed E-state index contributed by atoms with van der Waals surface area (Å²) in [4.78, 5) is 0. The summed E-state index contributed by atoms with van der Waals surface area (Å²) in [6.07, 6.45) is 1.64. The molecule has 0 saturated carbocycles. The lowest BCUT2D eigenvalue weighted by molar-refractivity contribution is -0.0926. The third-order valence-electron chi connectivity index (χ3n) is 4.29. The van der Waals surface area contributed by atoms with E-state index < -0.39 is 5.60 Å². The van der Waals surface area contributed by atoms with Crippen LogP contribution in [0, 0.1) is 5.41 Å². The molecule has 1 N–H and O–H groups in total. The Kier molecular flexibility index (Phi) is 3.52. The summed E-state index contributed by atoms with van der Waals surface area (Å²) in [6, 6.07) is 8.41. The molecule has 18 heavy (non-hydrogen) atoms. The van der Waals surface area contributed by atoms with Gasteiger partial charge in [-0.3, -0.25) is 0 Å². The van der Waals surface area contributed by atoms with E-state index in [1.54, 1.807) is 0 Å². The fourth-order valence-electron chi connectivity index (χ4n) is 2.31. The number of benzene rings is 1. The largest absolute Gasteiger partial charge is 0.390 e. The Labute approximate surface area is 110 Å². The Hall–Kier alpha value is -0.860. The van der Waals surface area contributed by atoms with Gasteiger partial charge in [0.25, 0.3) is 0 Å². The van der Waals surface area contributed by atoms with Gasteiger partial charge >= 0.3 is 0 Å². The zero-order chi connectivity index (χ0) is 13.4. The van der Waals surface area contributed by atoms with Gasteiger partial charge in [-0.05, 0) is 29.9 Å². The lowest BCUT2D eigenvalue weighted by Crippen LogP contribution is -2.42. The van der Waals surface area contributed by atoms with Crippen molar-refractivity contribution in [1.82, 2.24) is 0 Å². The molecule has 0 radical (unpaired) electrons. The van der Waals surface area contributed by atoms with E-state index in [0.717, 1.165) is 13.0 Å². The zero-order valence-corrected chi connectivity index (χ0v) is 11.9. The molecule has 2 nitrogen and oxygen atoms in total. The van der Waals surface area contributed by atoms with E-state index in [4.69, 9.17) is 4.74 Å². The van der Waals surface area contributed by atoms with E-state index in [1.165, 1.54) is 11.1 Å². The molecule has 0 spiro atoms. The molecule has 1 aromatic carbocycles. The van der Waals surface area contributed by atoms with Crippen molar-refractivity contribution in [2.45, 2.75) is 52.2 Å². The van der Waals surface area contributed by atoms with Crippen LogP contribution in [0.4, 0.5) is 0 Å². The number of aliphatic hydroxyl groups is 1. The summed E-state index contributed by atoms with van der Waals surface area (Å²) in [5.74, 6) is 0. The van der Waals surface area contributed by atoms with E-state index in [0.29, 0.717) is 6.42 Å². The van der Waals surface area contributed by atoms with Crippen LogP contribution in [-0.2, 0) is 11.2 Å². The van der Waals surface area contributed by atoms with E-state index in [-0.39, 0.29) is 11.5 Å². The van der Waals surface area contributed by atoms with Gasteiger partial charge in [0.2, 0.25) is 0 Å². The minimum atomic E-state index is -0.734. The number of ether oxygens (including phenoxy) is 1. The van der Waals surface area contributed by atoms with Crippen molar-refractivity contribution in [2.24, 2.45) is 5.41 Å². The molecule has 1 heterocycles. The lowest BCUT2D eigenvalue weighted by Gasteiger charge is -2.40. The van der Waals surface area contributed by atoms with Crippen molar-refractivity contribution >= 4 is 0 Å². The maximum Gasteiger partial charge on any atom is 0.0855 e. The van der Waals surface area contributed by atoms with Crippen molar-refractivity contribution < 1.29 is 9.84 Å². The van der Waals surface area contributed by atoms with Crippen LogP contribution < -0.4 is 0 Å². The molecular weight excluding hydrogens is 224 g/mol. The van der Waals surface area contributed by atoms with Crippen LogP contribution >= 0.6 is 0 Å². The SMILES string of the molecule is CC(C)(C)C(C)(O)CC1OCCc2ccccc21. The highest BCUT2D eigenvalue weighted by molar-refractivity contribution is 5.31. The minimum absolute atomic E-state index is 0.0178. The second kappa shape index (κ2) is 4.67. The Bertz CT molecular complexity index is 415. The van der Waals surface area contributed by atoms with Gasteiger partial charge in [-0.1, -0.05) is 45.0 Å². The van der Waals surface area contributed by atoms with Crippen LogP contribution in [0.25, 0.3) is 0 Å². The first-order valence-electron chi connectivity index (χ1n) is 6.73. The lowest BCUT2D eigenvalue weighted by atomic mass is 9.73. The van der Waals surface area contributed by atoms with Crippen molar-refractivity contribution in [3.05, 3.63) is 35.4 Å². The summed E-state index contributed by atoms with van der Waals surface area (Å²) in [5, 5.41) is 10.6. The maximum absolute atomic E-state index is 10.6. The van der Waals surface area contributed by atoms with E-state index in [2.05, 4.69) is 39.0 Å². The molecule has 100 valence electrons. The number of hydrogen-bond donors (Lipinski definition) is 1. The molecule has 2 unspecified atom stereocenters. The van der Waals surface area contributed by atoms with Crippen LogP contribution in [0.1, 0.15) is 51.3 Å². The molecule has 0 fully saturated rings. The average Bonchev–Trinajstić information content (AvgIpc) is 2.27. The third kappa shape index (κ3) is 2.60. The van der Waals surface area contributed by atoms with Gasteiger partial charge in [0.1, 0.15) is 0 Å². The van der Waals surface area contributed by atoms with Crippen LogP contribution in [0.15, 0.2) is 24.3 Å². The topological polar surface area (TPSA) is 29.5 Å². The molecule has 1 aliphatic heterocycles. The highest BCUT2D eigenvalue weighted by Gasteiger charge is 2.39. The van der Waals surface area contributed by atoms with E-state index in [9.17, 15) is 5.11 Å². The molecule has 1 aliphatic rings. The molecule has 2 rings (SSSR count). The molecule has 0 aromatic heterocycles. The predicted molar refractivity (Wildman–Crippen MR) is 73.5 cm³/mol. The monoisotopic (exact) mass is 248 g/mol. The van der Waals surface area contributed by atoms with Crippen molar-refractivity contribution in [2.75, 3.05) is 6.61 Å². The minimum Gasteiger partial charge on any atom is -0.390 e. The standard InChI is InChI=1S/C16H24O2/c1-15(2,3)16(4,17)11-14-13-8-6-5-7-12(13)9-10-18-14/h5-8,14,17H,9-11H2,1-4H3. The van der Waals surface area contributed by atoms with Gasteiger partial charge in [0.05, 0.1) is 18.3 Å². The average molecular weight is 248 g/mol. The summed E-state index contributed by atoms with van der Waals surface area (Å²) < 4.78 is 5.88. The molecule has 0 aliphatic carbocycles. The van der Waals surface area contributed by atoms with Crippen molar-refractivity contribution in [3.8, 4) is 0 Å². The third-order valence-corrected chi connectivity index (χ3v) is 4.29. The molecule has 2 atom stereocenters.